The van der Waals surface area contributed by atoms with Gasteiger partial charge in [-0.3, -0.25) is 0 Å². The van der Waals surface area contributed by atoms with Gasteiger partial charge in [0.2, 0.25) is 0 Å². The Bertz CT molecular complexity index is 744. The van der Waals surface area contributed by atoms with Gasteiger partial charge in [-0.15, -0.1) is 12.6 Å². The number of para-hydroxylation sites is 2. The molecule has 3 heteroatoms. The summed E-state index contributed by atoms with van der Waals surface area (Å²) in [5.41, 5.74) is 1.57. The second-order valence-corrected chi connectivity index (χ2v) is 4.47. The van der Waals surface area contributed by atoms with Gasteiger partial charge >= 0.3 is 0 Å². The molecule has 0 spiro atoms. The van der Waals surface area contributed by atoms with E-state index in [1.54, 1.807) is 0 Å². The smallest absolute Gasteiger partial charge is 0.149 e. The van der Waals surface area contributed by atoms with E-state index in [-0.39, 0.29) is 0 Å². The molecule has 0 saturated carbocycles. The normalized spacial score (nSPS) is 11.1. The molecule has 0 bridgehead atoms. The molecule has 78 valence electrons. The van der Waals surface area contributed by atoms with Gasteiger partial charge in [0.15, 0.2) is 0 Å². The lowest BCUT2D eigenvalue weighted by molar-refractivity contribution is 0.652. The fraction of sp³-hybridized carbons (Fsp3) is 0. The zero-order valence-electron chi connectivity index (χ0n) is 8.31. The minimum absolute atomic E-state index is 0.759. The van der Waals surface area contributed by atoms with Gasteiger partial charge in [-0.2, -0.15) is 0 Å². The maximum Gasteiger partial charge on any atom is 0.149 e. The molecular weight excluding hydrogens is 236 g/mol. The van der Waals surface area contributed by atoms with Gasteiger partial charge in [0, 0.05) is 15.7 Å². The first-order valence-electron chi connectivity index (χ1n) is 4.91. The van der Waals surface area contributed by atoms with Gasteiger partial charge in [-0.25, -0.2) is 0 Å². The molecular formula is C13H8OS2. The van der Waals surface area contributed by atoms with Crippen LogP contribution < -0.4 is 0 Å². The highest BCUT2D eigenvalue weighted by atomic mass is 32.1. The van der Waals surface area contributed by atoms with Crippen LogP contribution in [0.2, 0.25) is 0 Å². The van der Waals surface area contributed by atoms with Gasteiger partial charge in [0.1, 0.15) is 11.2 Å². The van der Waals surface area contributed by atoms with Crippen molar-refractivity contribution in [3.05, 3.63) is 47.0 Å². The molecule has 3 aromatic rings. The number of rotatable bonds is 0. The van der Waals surface area contributed by atoms with Crippen LogP contribution >= 0.6 is 24.8 Å². The van der Waals surface area contributed by atoms with Gasteiger partial charge in [-0.1, -0.05) is 30.4 Å². The van der Waals surface area contributed by atoms with E-state index in [2.05, 4.69) is 12.6 Å². The van der Waals surface area contributed by atoms with Crippen LogP contribution in [0.25, 0.3) is 21.9 Å². The van der Waals surface area contributed by atoms with Crippen molar-refractivity contribution in [1.29, 1.82) is 0 Å². The molecule has 0 N–H and O–H groups in total. The Hall–Kier alpha value is -1.32. The number of benzene rings is 2. The van der Waals surface area contributed by atoms with E-state index in [1.165, 1.54) is 0 Å². The Labute approximate surface area is 103 Å². The SMILES string of the molecule is S=c1c2ccccc2oc2c(S)cccc12. The third kappa shape index (κ3) is 1.36. The van der Waals surface area contributed by atoms with E-state index >= 15 is 0 Å². The Morgan fingerprint density at radius 3 is 2.56 bits per heavy atom. The van der Waals surface area contributed by atoms with Crippen molar-refractivity contribution in [1.82, 2.24) is 0 Å². The molecule has 0 aliphatic rings. The van der Waals surface area contributed by atoms with Gasteiger partial charge in [-0.05, 0) is 24.3 Å². The molecule has 0 amide bonds. The fourth-order valence-corrected chi connectivity index (χ4v) is 2.39. The molecule has 0 radical (unpaired) electrons. The summed E-state index contributed by atoms with van der Waals surface area (Å²) in [6.07, 6.45) is 0. The Morgan fingerprint density at radius 1 is 0.938 bits per heavy atom. The standard InChI is InChI=1S/C13H8OS2/c15-11-7-3-5-9-12(11)14-10-6-2-1-4-8(10)13(9)16/h1-7,15H. The van der Waals surface area contributed by atoms with Crippen molar-refractivity contribution in [3.8, 4) is 0 Å². The molecule has 2 aromatic carbocycles. The average molecular weight is 244 g/mol. The summed E-state index contributed by atoms with van der Waals surface area (Å²) in [5, 5.41) is 1.92. The van der Waals surface area contributed by atoms with E-state index in [4.69, 9.17) is 16.6 Å². The van der Waals surface area contributed by atoms with Crippen molar-refractivity contribution >= 4 is 46.8 Å². The lowest BCUT2D eigenvalue weighted by Gasteiger charge is -2.03. The van der Waals surface area contributed by atoms with Gasteiger partial charge in [0.25, 0.3) is 0 Å². The number of fused-ring (bicyclic) bond motifs is 2. The van der Waals surface area contributed by atoms with Crippen LogP contribution in [0.1, 0.15) is 0 Å². The minimum atomic E-state index is 0.759. The lowest BCUT2D eigenvalue weighted by Crippen LogP contribution is -1.79. The van der Waals surface area contributed by atoms with E-state index in [0.717, 1.165) is 31.3 Å². The van der Waals surface area contributed by atoms with Crippen molar-refractivity contribution in [2.24, 2.45) is 0 Å². The molecule has 0 atom stereocenters. The maximum atomic E-state index is 5.81. The van der Waals surface area contributed by atoms with Crippen LogP contribution in [-0.2, 0) is 0 Å². The van der Waals surface area contributed by atoms with Crippen LogP contribution in [0.3, 0.4) is 0 Å². The molecule has 1 heterocycles. The summed E-state index contributed by atoms with van der Waals surface area (Å²) in [6.45, 7) is 0. The van der Waals surface area contributed by atoms with E-state index in [0.29, 0.717) is 0 Å². The van der Waals surface area contributed by atoms with Crippen molar-refractivity contribution < 1.29 is 4.42 Å². The lowest BCUT2D eigenvalue weighted by atomic mass is 10.1. The predicted molar refractivity (Wildman–Crippen MR) is 71.8 cm³/mol. The zero-order valence-corrected chi connectivity index (χ0v) is 10.0. The number of thiol groups is 1. The summed E-state index contributed by atoms with van der Waals surface area (Å²) in [6, 6.07) is 13.6. The highest BCUT2D eigenvalue weighted by molar-refractivity contribution is 7.80. The first kappa shape index (κ1) is 9.87. The molecule has 16 heavy (non-hydrogen) atoms. The molecule has 0 aliphatic heterocycles. The van der Waals surface area contributed by atoms with Crippen molar-refractivity contribution in [3.63, 3.8) is 0 Å². The van der Waals surface area contributed by atoms with Crippen molar-refractivity contribution in [2.45, 2.75) is 4.90 Å². The van der Waals surface area contributed by atoms with Gasteiger partial charge < -0.3 is 4.42 Å². The first-order valence-corrected chi connectivity index (χ1v) is 5.76. The fourth-order valence-electron chi connectivity index (χ4n) is 1.81. The molecule has 0 fully saturated rings. The number of hydrogen-bond acceptors (Lipinski definition) is 3. The van der Waals surface area contributed by atoms with E-state index < -0.39 is 0 Å². The van der Waals surface area contributed by atoms with E-state index in [9.17, 15) is 0 Å². The first-order chi connectivity index (χ1) is 7.77. The van der Waals surface area contributed by atoms with Crippen LogP contribution in [-0.4, -0.2) is 0 Å². The van der Waals surface area contributed by atoms with Crippen LogP contribution in [0.4, 0.5) is 0 Å². The summed E-state index contributed by atoms with van der Waals surface area (Å²) in [7, 11) is 0. The molecule has 1 aromatic heterocycles. The van der Waals surface area contributed by atoms with Crippen LogP contribution in [0, 0.1) is 4.51 Å². The molecule has 1 nitrogen and oxygen atoms in total. The molecule has 0 aliphatic carbocycles. The summed E-state index contributed by atoms with van der Waals surface area (Å²) in [5.74, 6) is 0. The maximum absolute atomic E-state index is 5.81. The zero-order chi connectivity index (χ0) is 11.1. The molecule has 0 unspecified atom stereocenters. The Morgan fingerprint density at radius 2 is 1.69 bits per heavy atom. The Balaban J connectivity index is 2.67. The predicted octanol–water partition coefficient (Wildman–Crippen LogP) is 4.60. The Kier molecular flexibility index (Phi) is 2.23. The quantitative estimate of drug-likeness (QED) is 0.352. The summed E-state index contributed by atoms with van der Waals surface area (Å²) >= 11 is 9.84. The van der Waals surface area contributed by atoms with Gasteiger partial charge in [0.05, 0.1) is 4.51 Å². The second kappa shape index (κ2) is 3.61. The van der Waals surface area contributed by atoms with E-state index in [1.807, 2.05) is 42.5 Å². The highest BCUT2D eigenvalue weighted by Crippen LogP contribution is 2.28. The molecule has 3 rings (SSSR count). The van der Waals surface area contributed by atoms with Crippen LogP contribution in [0.15, 0.2) is 51.8 Å². The second-order valence-electron chi connectivity index (χ2n) is 3.58. The summed E-state index contributed by atoms with van der Waals surface area (Å²) in [4.78, 5) is 0.814. The minimum Gasteiger partial charge on any atom is -0.455 e. The highest BCUT2D eigenvalue weighted by Gasteiger charge is 2.05. The summed E-state index contributed by atoms with van der Waals surface area (Å²) < 4.78 is 6.64. The third-order valence-electron chi connectivity index (χ3n) is 2.58. The molecule has 0 saturated heterocycles. The average Bonchev–Trinajstić information content (AvgIpc) is 2.31. The van der Waals surface area contributed by atoms with Crippen LogP contribution in [0.5, 0.6) is 0 Å². The third-order valence-corrected chi connectivity index (χ3v) is 3.37. The number of hydrogen-bond donors (Lipinski definition) is 1. The van der Waals surface area contributed by atoms with Crippen molar-refractivity contribution in [2.75, 3.05) is 0 Å². The largest absolute Gasteiger partial charge is 0.455 e. The topological polar surface area (TPSA) is 13.1 Å². The monoisotopic (exact) mass is 244 g/mol.